The van der Waals surface area contributed by atoms with Gasteiger partial charge in [-0.1, -0.05) is 238 Å². The third-order valence-electron chi connectivity index (χ3n) is 12.2. The summed E-state index contributed by atoms with van der Waals surface area (Å²) in [5.74, 6) is -2.07. The van der Waals surface area contributed by atoms with Crippen molar-refractivity contribution in [3.8, 4) is 0 Å². The number of allylic oxidation sites excluding steroid dienone is 2. The first-order valence-corrected chi connectivity index (χ1v) is 26.2. The SMILES string of the molecule is CCCCCCCC/C=C\CCCCCC[C@H](CC(COC(=O)CCCCCCCCCCCCCCC)OC(=O)CCCCCCCCCCCCCCC)C(=O)O. The van der Waals surface area contributed by atoms with Gasteiger partial charge in [0.1, 0.15) is 12.7 Å². The second-order valence-electron chi connectivity index (χ2n) is 18.1. The molecule has 0 aliphatic rings. The van der Waals surface area contributed by atoms with Crippen molar-refractivity contribution in [2.45, 2.75) is 297 Å². The van der Waals surface area contributed by atoms with Crippen molar-refractivity contribution in [3.63, 3.8) is 0 Å². The molecule has 0 rings (SSSR count). The third kappa shape index (κ3) is 44.0. The molecule has 59 heavy (non-hydrogen) atoms. The molecule has 0 aromatic rings. The van der Waals surface area contributed by atoms with Crippen LogP contribution in [-0.2, 0) is 23.9 Å². The second-order valence-corrected chi connectivity index (χ2v) is 18.1. The number of carboxylic acid groups (broad SMARTS) is 1. The zero-order valence-electron chi connectivity index (χ0n) is 39.7. The molecule has 0 amide bonds. The lowest BCUT2D eigenvalue weighted by molar-refractivity contribution is -0.162. The lowest BCUT2D eigenvalue weighted by Gasteiger charge is -2.22. The van der Waals surface area contributed by atoms with Gasteiger partial charge in [-0.15, -0.1) is 0 Å². The molecule has 348 valence electrons. The van der Waals surface area contributed by atoms with E-state index in [1.165, 1.54) is 173 Å². The number of carbonyl (C=O) groups excluding carboxylic acids is 2. The molecule has 6 nitrogen and oxygen atoms in total. The molecule has 2 atom stereocenters. The Bertz CT molecular complexity index is 931. The summed E-state index contributed by atoms with van der Waals surface area (Å²) in [7, 11) is 0. The molecule has 6 heteroatoms. The second kappa shape index (κ2) is 47.2. The zero-order valence-corrected chi connectivity index (χ0v) is 39.7. The standard InChI is InChI=1S/C53H100O6/c1-4-7-10-13-16-19-22-25-28-29-32-35-38-41-44-49(53(56)57)47-50(59-52(55)46-43-40-37-34-31-27-24-21-18-15-12-9-6-3)48-58-51(54)45-42-39-36-33-30-26-23-20-17-14-11-8-5-2/h25,28,49-50H,4-24,26-27,29-48H2,1-3H3,(H,56,57)/b28-25-/t49-,50?/m1/s1. The fraction of sp³-hybridized carbons (Fsp3) is 0.906. The molecule has 0 saturated carbocycles. The maximum Gasteiger partial charge on any atom is 0.306 e. The van der Waals surface area contributed by atoms with E-state index in [1.54, 1.807) is 0 Å². The minimum absolute atomic E-state index is 0.0591. The average Bonchev–Trinajstić information content (AvgIpc) is 3.22. The van der Waals surface area contributed by atoms with E-state index < -0.39 is 18.0 Å². The van der Waals surface area contributed by atoms with Crippen LogP contribution in [0.1, 0.15) is 290 Å². The van der Waals surface area contributed by atoms with Crippen molar-refractivity contribution in [3.05, 3.63) is 12.2 Å². The molecule has 1 unspecified atom stereocenters. The van der Waals surface area contributed by atoms with Crippen LogP contribution in [0.5, 0.6) is 0 Å². The minimum Gasteiger partial charge on any atom is -0.481 e. The molecule has 0 aromatic heterocycles. The number of carbonyl (C=O) groups is 3. The Morgan fingerprint density at radius 2 is 0.746 bits per heavy atom. The van der Waals surface area contributed by atoms with Gasteiger partial charge in [0.2, 0.25) is 0 Å². The molecule has 0 bridgehead atoms. The fourth-order valence-corrected chi connectivity index (χ4v) is 8.17. The Kier molecular flexibility index (Phi) is 45.7. The number of rotatable bonds is 48. The molecule has 0 aromatic carbocycles. The fourth-order valence-electron chi connectivity index (χ4n) is 8.17. The first-order chi connectivity index (χ1) is 28.9. The minimum atomic E-state index is -0.863. The van der Waals surface area contributed by atoms with Crippen molar-refractivity contribution >= 4 is 17.9 Å². The lowest BCUT2D eigenvalue weighted by atomic mass is 9.94. The highest BCUT2D eigenvalue weighted by Crippen LogP contribution is 2.21. The Balaban J connectivity index is 4.58. The van der Waals surface area contributed by atoms with Crippen molar-refractivity contribution < 1.29 is 29.0 Å². The summed E-state index contributed by atoms with van der Waals surface area (Å²) < 4.78 is 11.5. The number of hydrogen-bond acceptors (Lipinski definition) is 5. The monoisotopic (exact) mass is 833 g/mol. The van der Waals surface area contributed by atoms with E-state index in [1.807, 2.05) is 0 Å². The zero-order chi connectivity index (χ0) is 43.1. The molecular formula is C53H100O6. The van der Waals surface area contributed by atoms with Gasteiger partial charge >= 0.3 is 17.9 Å². The summed E-state index contributed by atoms with van der Waals surface area (Å²) in [6.45, 7) is 6.72. The van der Waals surface area contributed by atoms with E-state index in [0.29, 0.717) is 19.3 Å². The van der Waals surface area contributed by atoms with Crippen LogP contribution in [0.2, 0.25) is 0 Å². The summed E-state index contributed by atoms with van der Waals surface area (Å²) in [5.41, 5.74) is 0. The molecular weight excluding hydrogens is 733 g/mol. The summed E-state index contributed by atoms with van der Waals surface area (Å²) in [6, 6.07) is 0. The number of aliphatic carboxylic acids is 1. The molecule has 1 N–H and O–H groups in total. The molecule has 0 saturated heterocycles. The molecule has 0 radical (unpaired) electrons. The Hall–Kier alpha value is -1.85. The number of carboxylic acids is 1. The third-order valence-corrected chi connectivity index (χ3v) is 12.2. The van der Waals surface area contributed by atoms with Gasteiger partial charge in [0.05, 0.1) is 5.92 Å². The van der Waals surface area contributed by atoms with E-state index in [0.717, 1.165) is 70.6 Å². The van der Waals surface area contributed by atoms with Crippen LogP contribution in [0.3, 0.4) is 0 Å². The van der Waals surface area contributed by atoms with Gasteiger partial charge in [0, 0.05) is 19.3 Å². The number of esters is 2. The first-order valence-electron chi connectivity index (χ1n) is 26.2. The van der Waals surface area contributed by atoms with Crippen LogP contribution < -0.4 is 0 Å². The topological polar surface area (TPSA) is 89.9 Å². The smallest absolute Gasteiger partial charge is 0.306 e. The van der Waals surface area contributed by atoms with Gasteiger partial charge in [-0.2, -0.15) is 0 Å². The summed E-state index contributed by atoms with van der Waals surface area (Å²) >= 11 is 0. The van der Waals surface area contributed by atoms with Gasteiger partial charge < -0.3 is 14.6 Å². The quantitative estimate of drug-likeness (QED) is 0.0373. The van der Waals surface area contributed by atoms with E-state index >= 15 is 0 Å². The largest absolute Gasteiger partial charge is 0.481 e. The van der Waals surface area contributed by atoms with E-state index in [4.69, 9.17) is 9.47 Å². The molecule has 0 aliphatic heterocycles. The highest BCUT2D eigenvalue weighted by molar-refractivity contribution is 5.71. The predicted molar refractivity (Wildman–Crippen MR) is 252 cm³/mol. The predicted octanol–water partition coefficient (Wildman–Crippen LogP) is 17.1. The van der Waals surface area contributed by atoms with Gasteiger partial charge in [0.15, 0.2) is 0 Å². The Morgan fingerprint density at radius 1 is 0.424 bits per heavy atom. The molecule has 0 aliphatic carbocycles. The molecule has 0 fully saturated rings. The first kappa shape index (κ1) is 57.1. The number of unbranched alkanes of at least 4 members (excludes halogenated alkanes) is 34. The van der Waals surface area contributed by atoms with Crippen LogP contribution in [0.4, 0.5) is 0 Å². The van der Waals surface area contributed by atoms with Gasteiger partial charge in [0.25, 0.3) is 0 Å². The van der Waals surface area contributed by atoms with E-state index in [9.17, 15) is 19.5 Å². The molecule has 0 spiro atoms. The van der Waals surface area contributed by atoms with Crippen LogP contribution in [0.25, 0.3) is 0 Å². The summed E-state index contributed by atoms with van der Waals surface area (Å²) in [4.78, 5) is 38.0. The molecule has 0 heterocycles. The van der Waals surface area contributed by atoms with Crippen LogP contribution in [-0.4, -0.2) is 35.7 Å². The average molecular weight is 833 g/mol. The number of hydrogen-bond donors (Lipinski definition) is 1. The van der Waals surface area contributed by atoms with Gasteiger partial charge in [-0.3, -0.25) is 14.4 Å². The number of ether oxygens (including phenoxy) is 2. The Labute approximate surface area is 367 Å². The van der Waals surface area contributed by atoms with Crippen molar-refractivity contribution in [2.75, 3.05) is 6.61 Å². The van der Waals surface area contributed by atoms with E-state index in [2.05, 4.69) is 32.9 Å². The van der Waals surface area contributed by atoms with Crippen molar-refractivity contribution in [2.24, 2.45) is 5.92 Å². The maximum atomic E-state index is 12.9. The highest BCUT2D eigenvalue weighted by Gasteiger charge is 2.26. The van der Waals surface area contributed by atoms with Crippen LogP contribution in [0.15, 0.2) is 12.2 Å². The van der Waals surface area contributed by atoms with E-state index in [-0.39, 0.29) is 25.0 Å². The Morgan fingerprint density at radius 3 is 1.12 bits per heavy atom. The summed E-state index contributed by atoms with van der Waals surface area (Å²) in [5, 5.41) is 10.1. The summed E-state index contributed by atoms with van der Waals surface area (Å²) in [6.07, 6.45) is 52.0. The van der Waals surface area contributed by atoms with Crippen molar-refractivity contribution in [1.29, 1.82) is 0 Å². The normalized spacial score (nSPS) is 12.6. The van der Waals surface area contributed by atoms with Crippen LogP contribution in [0, 0.1) is 5.92 Å². The highest BCUT2D eigenvalue weighted by atomic mass is 16.6. The van der Waals surface area contributed by atoms with Crippen LogP contribution >= 0.6 is 0 Å². The maximum absolute atomic E-state index is 12.9. The van der Waals surface area contributed by atoms with Gasteiger partial charge in [-0.25, -0.2) is 0 Å². The van der Waals surface area contributed by atoms with Gasteiger partial charge in [-0.05, 0) is 44.9 Å². The van der Waals surface area contributed by atoms with Crippen molar-refractivity contribution in [1.82, 2.24) is 0 Å². The lowest BCUT2D eigenvalue weighted by Crippen LogP contribution is -2.30.